The van der Waals surface area contributed by atoms with E-state index in [0.29, 0.717) is 6.42 Å². The molecule has 15 heavy (non-hydrogen) atoms. The first-order valence-electron chi connectivity index (χ1n) is 4.71. The summed E-state index contributed by atoms with van der Waals surface area (Å²) in [6.07, 6.45) is 2.36. The average molecular weight is 223 g/mol. The Morgan fingerprint density at radius 3 is 2.87 bits per heavy atom. The van der Waals surface area contributed by atoms with E-state index in [9.17, 15) is 0 Å². The largest absolute Gasteiger partial charge is 0.322 e. The van der Waals surface area contributed by atoms with Gasteiger partial charge >= 0.3 is 0 Å². The third-order valence-corrected chi connectivity index (χ3v) is 3.38. The van der Waals surface area contributed by atoms with Gasteiger partial charge in [-0.3, -0.25) is 0 Å². The van der Waals surface area contributed by atoms with Crippen LogP contribution in [0.15, 0.2) is 6.20 Å². The van der Waals surface area contributed by atoms with Crippen LogP contribution in [-0.4, -0.2) is 20.4 Å². The number of hydrogen-bond acceptors (Lipinski definition) is 5. The molecule has 0 aliphatic heterocycles. The topological polar surface area (TPSA) is 80.5 Å². The normalized spacial score (nSPS) is 13.0. The Kier molecular flexibility index (Phi) is 2.79. The van der Waals surface area contributed by atoms with Crippen molar-refractivity contribution in [3.63, 3.8) is 0 Å². The summed E-state index contributed by atoms with van der Waals surface area (Å²) in [7, 11) is 0. The molecule has 0 radical (unpaired) electrons. The number of H-pyrrole nitrogens is 1. The average Bonchev–Trinajstić information content (AvgIpc) is 2.77. The van der Waals surface area contributed by atoms with Gasteiger partial charge in [0.1, 0.15) is 0 Å². The number of thiazole rings is 1. The maximum absolute atomic E-state index is 5.97. The van der Waals surface area contributed by atoms with E-state index in [1.165, 1.54) is 4.88 Å². The summed E-state index contributed by atoms with van der Waals surface area (Å²) in [6, 6.07) is -0.131. The number of nitrogens with one attached hydrogen (secondary N) is 1. The van der Waals surface area contributed by atoms with Crippen LogP contribution in [0.1, 0.15) is 27.3 Å². The number of hydrogen-bond donors (Lipinski definition) is 2. The second-order valence-electron chi connectivity index (χ2n) is 3.45. The van der Waals surface area contributed by atoms with Gasteiger partial charge in [-0.05, 0) is 13.8 Å². The fourth-order valence-electron chi connectivity index (χ4n) is 1.31. The molecule has 0 amide bonds. The Labute approximate surface area is 91.7 Å². The SMILES string of the molecule is Cc1nc(CC(N)c2cn[nH]n2)sc1C. The summed E-state index contributed by atoms with van der Waals surface area (Å²) in [5.74, 6) is 0. The number of nitrogens with two attached hydrogens (primary N) is 1. The molecule has 1 atom stereocenters. The van der Waals surface area contributed by atoms with Gasteiger partial charge in [0.05, 0.1) is 28.6 Å². The second-order valence-corrected chi connectivity index (χ2v) is 4.74. The predicted octanol–water partition coefficient (Wildman–Crippen LogP) is 1.12. The first-order chi connectivity index (χ1) is 7.16. The maximum atomic E-state index is 5.97. The monoisotopic (exact) mass is 223 g/mol. The van der Waals surface area contributed by atoms with Crippen LogP contribution in [0.3, 0.4) is 0 Å². The minimum Gasteiger partial charge on any atom is -0.322 e. The Hall–Kier alpha value is -1.27. The molecule has 0 saturated carbocycles. The van der Waals surface area contributed by atoms with Gasteiger partial charge in [-0.2, -0.15) is 15.4 Å². The lowest BCUT2D eigenvalue weighted by Gasteiger charge is -2.04. The van der Waals surface area contributed by atoms with Crippen LogP contribution < -0.4 is 5.73 Å². The molecule has 2 aromatic heterocycles. The Morgan fingerprint density at radius 1 is 1.53 bits per heavy atom. The van der Waals surface area contributed by atoms with Crippen molar-refractivity contribution in [3.05, 3.63) is 27.5 Å². The van der Waals surface area contributed by atoms with Gasteiger partial charge in [0.15, 0.2) is 0 Å². The Morgan fingerprint density at radius 2 is 2.33 bits per heavy atom. The van der Waals surface area contributed by atoms with Crippen molar-refractivity contribution < 1.29 is 0 Å². The number of nitrogens with zero attached hydrogens (tertiary/aromatic N) is 3. The van der Waals surface area contributed by atoms with E-state index in [0.717, 1.165) is 16.4 Å². The highest BCUT2D eigenvalue weighted by Crippen LogP contribution is 2.20. The van der Waals surface area contributed by atoms with Crippen molar-refractivity contribution in [2.24, 2.45) is 5.73 Å². The Balaban J connectivity index is 2.09. The van der Waals surface area contributed by atoms with Crippen molar-refractivity contribution in [2.45, 2.75) is 26.3 Å². The fourth-order valence-corrected chi connectivity index (χ4v) is 2.30. The number of aromatic amines is 1. The summed E-state index contributed by atoms with van der Waals surface area (Å²) < 4.78 is 0. The van der Waals surface area contributed by atoms with Crippen LogP contribution in [0.25, 0.3) is 0 Å². The molecule has 6 heteroatoms. The summed E-state index contributed by atoms with van der Waals surface area (Å²) in [6.45, 7) is 4.08. The molecule has 0 aliphatic carbocycles. The fraction of sp³-hybridized carbons (Fsp3) is 0.444. The molecular weight excluding hydrogens is 210 g/mol. The lowest BCUT2D eigenvalue weighted by atomic mass is 10.2. The van der Waals surface area contributed by atoms with Crippen LogP contribution in [0, 0.1) is 13.8 Å². The maximum Gasteiger partial charge on any atom is 0.0995 e. The van der Waals surface area contributed by atoms with Gasteiger partial charge in [0.2, 0.25) is 0 Å². The first-order valence-corrected chi connectivity index (χ1v) is 5.52. The highest BCUT2D eigenvalue weighted by atomic mass is 32.1. The van der Waals surface area contributed by atoms with Crippen molar-refractivity contribution in [1.29, 1.82) is 0 Å². The second kappa shape index (κ2) is 4.08. The molecule has 5 nitrogen and oxygen atoms in total. The Bertz CT molecular complexity index is 414. The van der Waals surface area contributed by atoms with Gasteiger partial charge < -0.3 is 5.73 Å². The molecule has 0 bridgehead atoms. The molecule has 0 saturated heterocycles. The number of aryl methyl sites for hydroxylation is 2. The minimum absolute atomic E-state index is 0.131. The quantitative estimate of drug-likeness (QED) is 0.817. The summed E-state index contributed by atoms with van der Waals surface area (Å²) in [5, 5.41) is 11.3. The zero-order valence-corrected chi connectivity index (χ0v) is 9.51. The lowest BCUT2D eigenvalue weighted by molar-refractivity contribution is 0.687. The molecular formula is C9H13N5S. The molecule has 0 spiro atoms. The first kappa shape index (κ1) is 10.3. The van der Waals surface area contributed by atoms with E-state index in [1.807, 2.05) is 6.92 Å². The lowest BCUT2D eigenvalue weighted by Crippen LogP contribution is -2.13. The molecule has 2 heterocycles. The van der Waals surface area contributed by atoms with E-state index >= 15 is 0 Å². The van der Waals surface area contributed by atoms with Crippen LogP contribution in [0.2, 0.25) is 0 Å². The van der Waals surface area contributed by atoms with Gasteiger partial charge in [0.25, 0.3) is 0 Å². The molecule has 0 aromatic carbocycles. The van der Waals surface area contributed by atoms with E-state index < -0.39 is 0 Å². The van der Waals surface area contributed by atoms with Crippen molar-refractivity contribution in [3.8, 4) is 0 Å². The molecule has 3 N–H and O–H groups in total. The van der Waals surface area contributed by atoms with Crippen LogP contribution in [0.4, 0.5) is 0 Å². The van der Waals surface area contributed by atoms with Gasteiger partial charge in [-0.25, -0.2) is 4.98 Å². The molecule has 1 unspecified atom stereocenters. The third-order valence-electron chi connectivity index (χ3n) is 2.28. The highest BCUT2D eigenvalue weighted by molar-refractivity contribution is 7.11. The van der Waals surface area contributed by atoms with Crippen molar-refractivity contribution in [2.75, 3.05) is 0 Å². The van der Waals surface area contributed by atoms with Crippen LogP contribution in [-0.2, 0) is 6.42 Å². The van der Waals surface area contributed by atoms with Crippen molar-refractivity contribution >= 4 is 11.3 Å². The highest BCUT2D eigenvalue weighted by Gasteiger charge is 2.12. The van der Waals surface area contributed by atoms with E-state index in [1.54, 1.807) is 17.5 Å². The molecule has 80 valence electrons. The van der Waals surface area contributed by atoms with Gasteiger partial charge in [-0.1, -0.05) is 0 Å². The number of aromatic nitrogens is 4. The molecule has 0 aliphatic rings. The van der Waals surface area contributed by atoms with E-state index in [4.69, 9.17) is 5.73 Å². The summed E-state index contributed by atoms with van der Waals surface area (Å²) >= 11 is 1.69. The zero-order valence-electron chi connectivity index (χ0n) is 8.69. The molecule has 2 aromatic rings. The van der Waals surface area contributed by atoms with Crippen molar-refractivity contribution in [1.82, 2.24) is 20.4 Å². The van der Waals surface area contributed by atoms with Gasteiger partial charge in [0, 0.05) is 11.3 Å². The molecule has 0 fully saturated rings. The summed E-state index contributed by atoms with van der Waals surface area (Å²) in [5.41, 5.74) is 7.84. The minimum atomic E-state index is -0.131. The third kappa shape index (κ3) is 2.21. The summed E-state index contributed by atoms with van der Waals surface area (Å²) in [4.78, 5) is 5.69. The standard InChI is InChI=1S/C9H13N5S/c1-5-6(2)15-9(12-5)3-7(10)8-4-11-14-13-8/h4,7H,3,10H2,1-2H3,(H,11,13,14). The van der Waals surface area contributed by atoms with Gasteiger partial charge in [-0.15, -0.1) is 11.3 Å². The van der Waals surface area contributed by atoms with Crippen LogP contribution >= 0.6 is 11.3 Å². The van der Waals surface area contributed by atoms with E-state index in [2.05, 4.69) is 27.3 Å². The van der Waals surface area contributed by atoms with E-state index in [-0.39, 0.29) is 6.04 Å². The predicted molar refractivity (Wildman–Crippen MR) is 58.6 cm³/mol. The zero-order chi connectivity index (χ0) is 10.8. The van der Waals surface area contributed by atoms with Crippen LogP contribution in [0.5, 0.6) is 0 Å². The smallest absolute Gasteiger partial charge is 0.0995 e. The number of rotatable bonds is 3. The molecule has 2 rings (SSSR count).